The van der Waals surface area contributed by atoms with Gasteiger partial charge in [0.2, 0.25) is 0 Å². The molecule has 0 radical (unpaired) electrons. The highest BCUT2D eigenvalue weighted by atomic mass is 16.6. The van der Waals surface area contributed by atoms with E-state index in [0.717, 1.165) is 13.2 Å². The maximum Gasteiger partial charge on any atom is 0.0701 e. The molecule has 0 saturated carbocycles. The van der Waals surface area contributed by atoms with Gasteiger partial charge in [-0.05, 0) is 0 Å². The summed E-state index contributed by atoms with van der Waals surface area (Å²) in [5, 5.41) is 69.1. The predicted octanol–water partition coefficient (Wildman–Crippen LogP) is -4.03. The predicted molar refractivity (Wildman–Crippen MR) is 116 cm³/mol. The first kappa shape index (κ1) is 34.6. The SMILES string of the molecule is C1CO1.OCC(CO)(CO)CO.OCCOCC(COCCO)(COCCO)COCCO. The first-order valence-corrected chi connectivity index (χ1v) is 10.7. The van der Waals surface area contributed by atoms with Gasteiger partial charge >= 0.3 is 0 Å². The fourth-order valence-electron chi connectivity index (χ4n) is 1.96. The lowest BCUT2D eigenvalue weighted by molar-refractivity contribution is -0.115. The van der Waals surface area contributed by atoms with Crippen molar-refractivity contribution in [1.29, 1.82) is 0 Å². The van der Waals surface area contributed by atoms with Gasteiger partial charge in [-0.1, -0.05) is 0 Å². The summed E-state index contributed by atoms with van der Waals surface area (Å²) in [6.07, 6.45) is 0. The lowest BCUT2D eigenvalue weighted by atomic mass is 9.92. The molecular weight excluding hydrogens is 448 g/mol. The third-order valence-electron chi connectivity index (χ3n) is 4.12. The largest absolute Gasteiger partial charge is 0.396 e. The normalized spacial score (nSPS) is 13.1. The van der Waals surface area contributed by atoms with Gasteiger partial charge in [0.1, 0.15) is 0 Å². The Kier molecular flexibility index (Phi) is 25.8. The van der Waals surface area contributed by atoms with Gasteiger partial charge in [0.05, 0.1) is 130 Å². The van der Waals surface area contributed by atoms with Crippen LogP contribution >= 0.6 is 0 Å². The number of ether oxygens (including phenoxy) is 5. The summed E-state index contributed by atoms with van der Waals surface area (Å²) in [6, 6.07) is 0. The second-order valence-corrected chi connectivity index (χ2v) is 7.35. The monoisotopic (exact) mass is 492 g/mol. The molecule has 33 heavy (non-hydrogen) atoms. The molecule has 0 aliphatic carbocycles. The van der Waals surface area contributed by atoms with E-state index in [-0.39, 0.29) is 79.3 Å². The van der Waals surface area contributed by atoms with Crippen molar-refractivity contribution in [3.05, 3.63) is 0 Å². The highest BCUT2D eigenvalue weighted by Gasteiger charge is 2.32. The Morgan fingerprint density at radius 3 is 0.818 bits per heavy atom. The smallest absolute Gasteiger partial charge is 0.0701 e. The molecule has 0 atom stereocenters. The van der Waals surface area contributed by atoms with Crippen molar-refractivity contribution in [1.82, 2.24) is 0 Å². The van der Waals surface area contributed by atoms with Crippen LogP contribution in [0.15, 0.2) is 0 Å². The summed E-state index contributed by atoms with van der Waals surface area (Å²) in [5.41, 5.74) is -1.74. The number of hydrogen-bond donors (Lipinski definition) is 8. The van der Waals surface area contributed by atoms with Crippen molar-refractivity contribution in [2.45, 2.75) is 0 Å². The molecule has 1 rings (SSSR count). The molecule has 1 saturated heterocycles. The molecule has 8 N–H and O–H groups in total. The lowest BCUT2D eigenvalue weighted by Gasteiger charge is -2.32. The van der Waals surface area contributed by atoms with Gasteiger partial charge in [0.15, 0.2) is 0 Å². The van der Waals surface area contributed by atoms with Crippen LogP contribution in [0.3, 0.4) is 0 Å². The van der Waals surface area contributed by atoms with E-state index < -0.39 is 37.3 Å². The summed E-state index contributed by atoms with van der Waals surface area (Å²) in [6.45, 7) is 1.65. The third kappa shape index (κ3) is 20.6. The average Bonchev–Trinajstić information content (AvgIpc) is 3.72. The second-order valence-electron chi connectivity index (χ2n) is 7.35. The van der Waals surface area contributed by atoms with Crippen LogP contribution in [0.25, 0.3) is 0 Å². The lowest BCUT2D eigenvalue weighted by Crippen LogP contribution is -2.42. The molecule has 1 fully saturated rings. The highest BCUT2D eigenvalue weighted by molar-refractivity contribution is 4.79. The summed E-state index contributed by atoms with van der Waals surface area (Å²) in [4.78, 5) is 0. The van der Waals surface area contributed by atoms with Gasteiger partial charge < -0.3 is 64.5 Å². The fraction of sp³-hybridized carbons (Fsp3) is 1.00. The van der Waals surface area contributed by atoms with Gasteiger partial charge in [-0.2, -0.15) is 0 Å². The van der Waals surface area contributed by atoms with Crippen LogP contribution in [0, 0.1) is 10.8 Å². The molecule has 0 bridgehead atoms. The Morgan fingerprint density at radius 2 is 0.697 bits per heavy atom. The quantitative estimate of drug-likeness (QED) is 0.0601. The van der Waals surface area contributed by atoms with E-state index in [4.69, 9.17) is 59.8 Å². The van der Waals surface area contributed by atoms with E-state index in [2.05, 4.69) is 4.74 Å². The van der Waals surface area contributed by atoms with E-state index in [1.54, 1.807) is 0 Å². The summed E-state index contributed by atoms with van der Waals surface area (Å²) in [5.74, 6) is 0. The third-order valence-corrected chi connectivity index (χ3v) is 4.12. The van der Waals surface area contributed by atoms with Gasteiger partial charge in [-0.25, -0.2) is 0 Å². The molecule has 0 aromatic rings. The molecular formula is C20H44O13. The van der Waals surface area contributed by atoms with Crippen molar-refractivity contribution >= 4 is 0 Å². The number of hydrogen-bond acceptors (Lipinski definition) is 13. The standard InChI is InChI=1S/C13H28O8.C5H12O4.C2H4O/c14-1-5-18-9-13(10-19-6-2-15,11-20-7-3-16)12-21-8-4-17;6-1-5(2-7,3-8)4-9;1-2-3-1/h14-17H,1-12H2;6-9H,1-4H2;1-2H2. The van der Waals surface area contributed by atoms with Crippen LogP contribution in [-0.4, -0.2) is 160 Å². The molecule has 13 heteroatoms. The fourth-order valence-corrected chi connectivity index (χ4v) is 1.96. The van der Waals surface area contributed by atoms with Crippen LogP contribution in [-0.2, 0) is 23.7 Å². The number of aliphatic hydroxyl groups is 8. The molecule has 0 aromatic heterocycles. The number of epoxide rings is 1. The van der Waals surface area contributed by atoms with Crippen molar-refractivity contribution in [2.24, 2.45) is 10.8 Å². The van der Waals surface area contributed by atoms with Gasteiger partial charge in [0.25, 0.3) is 0 Å². The molecule has 1 heterocycles. The Balaban J connectivity index is 0. The topological polar surface area (TPSA) is 211 Å². The number of rotatable bonds is 20. The average molecular weight is 493 g/mol. The Hall–Kier alpha value is -0.520. The van der Waals surface area contributed by atoms with Crippen molar-refractivity contribution < 1.29 is 64.5 Å². The first-order valence-electron chi connectivity index (χ1n) is 10.7. The van der Waals surface area contributed by atoms with Crippen LogP contribution < -0.4 is 0 Å². The maximum atomic E-state index is 8.79. The summed E-state index contributed by atoms with van der Waals surface area (Å²) in [7, 11) is 0. The van der Waals surface area contributed by atoms with Crippen molar-refractivity contribution in [3.8, 4) is 0 Å². The first-order chi connectivity index (χ1) is 16.0. The minimum Gasteiger partial charge on any atom is -0.396 e. The van der Waals surface area contributed by atoms with E-state index in [1.165, 1.54) is 0 Å². The highest BCUT2D eigenvalue weighted by Crippen LogP contribution is 2.20. The number of aliphatic hydroxyl groups excluding tert-OH is 8. The Labute approximate surface area is 195 Å². The van der Waals surface area contributed by atoms with Gasteiger partial charge in [-0.3, -0.25) is 0 Å². The van der Waals surface area contributed by atoms with E-state index >= 15 is 0 Å². The van der Waals surface area contributed by atoms with E-state index in [0.29, 0.717) is 0 Å². The zero-order valence-corrected chi connectivity index (χ0v) is 19.3. The second kappa shape index (κ2) is 24.6. The molecule has 0 unspecified atom stereocenters. The molecule has 0 aromatic carbocycles. The summed E-state index contributed by atoms with van der Waals surface area (Å²) >= 11 is 0. The van der Waals surface area contributed by atoms with E-state index in [1.807, 2.05) is 0 Å². The molecule has 13 nitrogen and oxygen atoms in total. The molecule has 0 amide bonds. The van der Waals surface area contributed by atoms with Crippen molar-refractivity contribution in [3.63, 3.8) is 0 Å². The zero-order chi connectivity index (χ0) is 25.3. The molecule has 1 aliphatic rings. The van der Waals surface area contributed by atoms with Crippen LogP contribution in [0.1, 0.15) is 0 Å². The minimum absolute atomic E-state index is 0.0947. The maximum absolute atomic E-state index is 8.79. The van der Waals surface area contributed by atoms with Crippen LogP contribution in [0.2, 0.25) is 0 Å². The molecule has 1 aliphatic heterocycles. The van der Waals surface area contributed by atoms with Crippen LogP contribution in [0.4, 0.5) is 0 Å². The molecule has 0 spiro atoms. The summed E-state index contributed by atoms with van der Waals surface area (Å²) < 4.78 is 26.0. The molecule has 202 valence electrons. The Morgan fingerprint density at radius 1 is 0.455 bits per heavy atom. The van der Waals surface area contributed by atoms with Gasteiger partial charge in [-0.15, -0.1) is 0 Å². The van der Waals surface area contributed by atoms with Crippen molar-refractivity contribution in [2.75, 3.05) is 119 Å². The van der Waals surface area contributed by atoms with Crippen LogP contribution in [0.5, 0.6) is 0 Å². The Bertz CT molecular complexity index is 315. The minimum atomic E-state index is -1.11. The van der Waals surface area contributed by atoms with E-state index in [9.17, 15) is 0 Å². The zero-order valence-electron chi connectivity index (χ0n) is 19.3. The van der Waals surface area contributed by atoms with Gasteiger partial charge in [0, 0.05) is 0 Å².